The van der Waals surface area contributed by atoms with Crippen molar-refractivity contribution in [3.05, 3.63) is 29.8 Å². The molecular formula is C13H20N2O2. The second-order valence-corrected chi connectivity index (χ2v) is 4.09. The maximum absolute atomic E-state index is 11.3. The smallest absolute Gasteiger partial charge is 0.271 e. The minimum absolute atomic E-state index is 0.0219. The molecule has 0 atom stereocenters. The lowest BCUT2D eigenvalue weighted by molar-refractivity contribution is -0.124. The van der Waals surface area contributed by atoms with Crippen LogP contribution in [0.25, 0.3) is 0 Å². The standard InChI is InChI=1S/C13H20N2O2/c1-4-14-15-13(16)9-17-12-7-5-11(6-8-12)10(2)3/h5-8,10,14H,4,9H2,1-3H3,(H,15,16). The molecule has 4 nitrogen and oxygen atoms in total. The van der Waals surface area contributed by atoms with Gasteiger partial charge in [-0.1, -0.05) is 32.9 Å². The molecule has 0 fully saturated rings. The van der Waals surface area contributed by atoms with Crippen LogP contribution in [-0.2, 0) is 4.79 Å². The number of benzene rings is 1. The molecular weight excluding hydrogens is 216 g/mol. The van der Waals surface area contributed by atoms with Crippen LogP contribution >= 0.6 is 0 Å². The molecule has 1 aromatic carbocycles. The van der Waals surface area contributed by atoms with Crippen molar-refractivity contribution in [2.45, 2.75) is 26.7 Å². The van der Waals surface area contributed by atoms with Gasteiger partial charge >= 0.3 is 0 Å². The van der Waals surface area contributed by atoms with Crippen molar-refractivity contribution in [2.24, 2.45) is 0 Å². The fourth-order valence-corrected chi connectivity index (χ4v) is 1.32. The van der Waals surface area contributed by atoms with Crippen LogP contribution < -0.4 is 15.6 Å². The number of carbonyl (C=O) groups excluding carboxylic acids is 1. The number of amides is 1. The van der Waals surface area contributed by atoms with Crippen LogP contribution in [0.5, 0.6) is 5.75 Å². The van der Waals surface area contributed by atoms with Crippen LogP contribution in [0.3, 0.4) is 0 Å². The van der Waals surface area contributed by atoms with E-state index in [1.54, 1.807) is 0 Å². The van der Waals surface area contributed by atoms with E-state index in [1.165, 1.54) is 5.56 Å². The van der Waals surface area contributed by atoms with Crippen LogP contribution in [0.4, 0.5) is 0 Å². The van der Waals surface area contributed by atoms with Gasteiger partial charge in [-0.2, -0.15) is 0 Å². The van der Waals surface area contributed by atoms with E-state index in [9.17, 15) is 4.79 Å². The Hall–Kier alpha value is -1.55. The first-order chi connectivity index (χ1) is 8.13. The van der Waals surface area contributed by atoms with Crippen LogP contribution in [0.2, 0.25) is 0 Å². The van der Waals surface area contributed by atoms with E-state index in [2.05, 4.69) is 24.7 Å². The minimum atomic E-state index is -0.181. The van der Waals surface area contributed by atoms with Gasteiger partial charge < -0.3 is 4.74 Å². The molecule has 17 heavy (non-hydrogen) atoms. The molecule has 0 aliphatic carbocycles. The highest BCUT2D eigenvalue weighted by Crippen LogP contribution is 2.18. The Morgan fingerprint density at radius 1 is 1.29 bits per heavy atom. The second kappa shape index (κ2) is 6.91. The van der Waals surface area contributed by atoms with Gasteiger partial charge in [-0.05, 0) is 23.6 Å². The number of nitrogens with one attached hydrogen (secondary N) is 2. The SMILES string of the molecule is CCNNC(=O)COc1ccc(C(C)C)cc1. The average Bonchev–Trinajstić information content (AvgIpc) is 2.34. The summed E-state index contributed by atoms with van der Waals surface area (Å²) in [5.41, 5.74) is 6.51. The zero-order chi connectivity index (χ0) is 12.7. The number of hydrogen-bond donors (Lipinski definition) is 2. The molecule has 4 heteroatoms. The summed E-state index contributed by atoms with van der Waals surface area (Å²) in [7, 11) is 0. The van der Waals surface area contributed by atoms with E-state index >= 15 is 0 Å². The Balaban J connectivity index is 2.39. The molecule has 0 unspecified atom stereocenters. The first-order valence-electron chi connectivity index (χ1n) is 5.88. The first-order valence-corrected chi connectivity index (χ1v) is 5.88. The van der Waals surface area contributed by atoms with Crippen LogP contribution in [0.1, 0.15) is 32.3 Å². The Morgan fingerprint density at radius 3 is 2.47 bits per heavy atom. The molecule has 1 aromatic rings. The van der Waals surface area contributed by atoms with Gasteiger partial charge in [0.05, 0.1) is 0 Å². The predicted octanol–water partition coefficient (Wildman–Crippen LogP) is 1.83. The van der Waals surface area contributed by atoms with E-state index in [-0.39, 0.29) is 12.5 Å². The van der Waals surface area contributed by atoms with Gasteiger partial charge in [-0.3, -0.25) is 10.2 Å². The number of rotatable bonds is 6. The van der Waals surface area contributed by atoms with Gasteiger partial charge in [-0.25, -0.2) is 5.43 Å². The van der Waals surface area contributed by atoms with E-state index in [0.717, 1.165) is 0 Å². The van der Waals surface area contributed by atoms with E-state index in [4.69, 9.17) is 4.74 Å². The monoisotopic (exact) mass is 236 g/mol. The summed E-state index contributed by atoms with van der Waals surface area (Å²) in [5, 5.41) is 0. The largest absolute Gasteiger partial charge is 0.484 e. The maximum atomic E-state index is 11.3. The summed E-state index contributed by atoms with van der Waals surface area (Å²) in [6.45, 7) is 6.90. The van der Waals surface area contributed by atoms with Crippen LogP contribution in [0, 0.1) is 0 Å². The predicted molar refractivity (Wildman–Crippen MR) is 67.8 cm³/mol. The van der Waals surface area contributed by atoms with Crippen molar-refractivity contribution in [1.82, 2.24) is 10.9 Å². The molecule has 0 aliphatic heterocycles. The maximum Gasteiger partial charge on any atom is 0.271 e. The number of ether oxygens (including phenoxy) is 1. The van der Waals surface area contributed by atoms with Gasteiger partial charge in [0.2, 0.25) is 0 Å². The van der Waals surface area contributed by atoms with Gasteiger partial charge in [0, 0.05) is 6.54 Å². The number of hydrogen-bond acceptors (Lipinski definition) is 3. The third-order valence-corrected chi connectivity index (χ3v) is 2.32. The Kier molecular flexibility index (Phi) is 5.49. The minimum Gasteiger partial charge on any atom is -0.484 e. The molecule has 1 rings (SSSR count). The summed E-state index contributed by atoms with van der Waals surface area (Å²) < 4.78 is 5.35. The van der Waals surface area contributed by atoms with Crippen LogP contribution in [-0.4, -0.2) is 19.1 Å². The van der Waals surface area contributed by atoms with E-state index in [1.807, 2.05) is 31.2 Å². The third kappa shape index (κ3) is 4.87. The van der Waals surface area contributed by atoms with Gasteiger partial charge in [0.15, 0.2) is 6.61 Å². The number of carbonyl (C=O) groups is 1. The first kappa shape index (κ1) is 13.5. The zero-order valence-electron chi connectivity index (χ0n) is 10.6. The molecule has 94 valence electrons. The van der Waals surface area contributed by atoms with E-state index in [0.29, 0.717) is 18.2 Å². The zero-order valence-corrected chi connectivity index (χ0v) is 10.6. The summed E-state index contributed by atoms with van der Waals surface area (Å²) in [5.74, 6) is 1.03. The molecule has 0 saturated carbocycles. The Labute approximate surface area is 102 Å². The van der Waals surface area contributed by atoms with Gasteiger partial charge in [0.25, 0.3) is 5.91 Å². The lowest BCUT2D eigenvalue weighted by Crippen LogP contribution is -2.39. The lowest BCUT2D eigenvalue weighted by atomic mass is 10.0. The van der Waals surface area contributed by atoms with Crippen molar-refractivity contribution >= 4 is 5.91 Å². The normalized spacial score (nSPS) is 10.4. The molecule has 0 saturated heterocycles. The summed E-state index contributed by atoms with van der Waals surface area (Å²) in [6.07, 6.45) is 0. The molecule has 0 aromatic heterocycles. The second-order valence-electron chi connectivity index (χ2n) is 4.09. The molecule has 0 spiro atoms. The highest BCUT2D eigenvalue weighted by atomic mass is 16.5. The highest BCUT2D eigenvalue weighted by molar-refractivity contribution is 5.76. The van der Waals surface area contributed by atoms with Crippen molar-refractivity contribution in [3.8, 4) is 5.75 Å². The number of hydrazine groups is 1. The summed E-state index contributed by atoms with van der Waals surface area (Å²) >= 11 is 0. The quantitative estimate of drug-likeness (QED) is 0.741. The van der Waals surface area contributed by atoms with Crippen molar-refractivity contribution in [1.29, 1.82) is 0 Å². The lowest BCUT2D eigenvalue weighted by Gasteiger charge is -2.09. The van der Waals surface area contributed by atoms with Crippen molar-refractivity contribution in [3.63, 3.8) is 0 Å². The molecule has 0 aliphatic rings. The molecule has 2 N–H and O–H groups in total. The highest BCUT2D eigenvalue weighted by Gasteiger charge is 2.02. The molecule has 0 bridgehead atoms. The molecule has 0 radical (unpaired) electrons. The molecule has 1 amide bonds. The van der Waals surface area contributed by atoms with Gasteiger partial charge in [-0.15, -0.1) is 0 Å². The summed E-state index contributed by atoms with van der Waals surface area (Å²) in [4.78, 5) is 11.3. The van der Waals surface area contributed by atoms with Crippen LogP contribution in [0.15, 0.2) is 24.3 Å². The average molecular weight is 236 g/mol. The summed E-state index contributed by atoms with van der Waals surface area (Å²) in [6, 6.07) is 7.80. The topological polar surface area (TPSA) is 50.4 Å². The third-order valence-electron chi connectivity index (χ3n) is 2.32. The Bertz CT molecular complexity index is 347. The van der Waals surface area contributed by atoms with Crippen molar-refractivity contribution in [2.75, 3.05) is 13.2 Å². The fourth-order valence-electron chi connectivity index (χ4n) is 1.32. The van der Waals surface area contributed by atoms with Gasteiger partial charge in [0.1, 0.15) is 5.75 Å². The van der Waals surface area contributed by atoms with Crippen molar-refractivity contribution < 1.29 is 9.53 Å². The molecule has 0 heterocycles. The fraction of sp³-hybridized carbons (Fsp3) is 0.462. The Morgan fingerprint density at radius 2 is 1.94 bits per heavy atom. The van der Waals surface area contributed by atoms with E-state index < -0.39 is 0 Å².